The highest BCUT2D eigenvalue weighted by Crippen LogP contribution is 2.15. The summed E-state index contributed by atoms with van der Waals surface area (Å²) in [5.74, 6) is -0.401. The highest BCUT2D eigenvalue weighted by Gasteiger charge is 2.08. The first-order valence-corrected chi connectivity index (χ1v) is 9.72. The largest absolute Gasteiger partial charge is 0.326 e. The molecule has 4 aromatic rings. The number of amides is 2. The van der Waals surface area contributed by atoms with E-state index in [0.29, 0.717) is 34.4 Å². The Morgan fingerprint density at radius 1 is 0.871 bits per heavy atom. The third-order valence-corrected chi connectivity index (χ3v) is 4.76. The smallest absolute Gasteiger partial charge is 0.261 e. The summed E-state index contributed by atoms with van der Waals surface area (Å²) in [6.45, 7) is 1.80. The van der Waals surface area contributed by atoms with Crippen LogP contribution in [-0.4, -0.2) is 21.4 Å². The maximum atomic E-state index is 12.6. The van der Waals surface area contributed by atoms with Crippen molar-refractivity contribution in [3.05, 3.63) is 101 Å². The third kappa shape index (κ3) is 4.67. The van der Waals surface area contributed by atoms with Crippen LogP contribution in [0.25, 0.3) is 10.9 Å². The van der Waals surface area contributed by atoms with Crippen molar-refractivity contribution in [2.24, 2.45) is 0 Å². The molecule has 7 nitrogen and oxygen atoms in total. The third-order valence-electron chi connectivity index (χ3n) is 4.76. The summed E-state index contributed by atoms with van der Waals surface area (Å²) in [6, 6.07) is 21.2. The van der Waals surface area contributed by atoms with Crippen molar-refractivity contribution >= 4 is 34.1 Å². The molecule has 0 spiro atoms. The van der Waals surface area contributed by atoms with Gasteiger partial charge in [-0.25, -0.2) is 4.98 Å². The van der Waals surface area contributed by atoms with Gasteiger partial charge in [0.1, 0.15) is 0 Å². The first-order chi connectivity index (χ1) is 15.0. The number of nitrogens with one attached hydrogen (secondary N) is 2. The Labute approximate surface area is 178 Å². The lowest BCUT2D eigenvalue weighted by molar-refractivity contribution is -0.114. The van der Waals surface area contributed by atoms with Crippen LogP contribution in [0.4, 0.5) is 11.4 Å². The number of hydrogen-bond acceptors (Lipinski definition) is 4. The molecule has 0 unspecified atom stereocenters. The summed E-state index contributed by atoms with van der Waals surface area (Å²) in [5.41, 5.74) is 3.23. The summed E-state index contributed by atoms with van der Waals surface area (Å²) in [7, 11) is 0. The topological polar surface area (TPSA) is 93.1 Å². The normalized spacial score (nSPS) is 10.6. The molecule has 0 radical (unpaired) electrons. The molecule has 1 aromatic heterocycles. The molecule has 7 heteroatoms. The minimum Gasteiger partial charge on any atom is -0.326 e. The molecule has 0 aliphatic rings. The molecule has 0 saturated carbocycles. The average molecular weight is 412 g/mol. The number of fused-ring (bicyclic) bond motifs is 1. The van der Waals surface area contributed by atoms with Gasteiger partial charge in [-0.15, -0.1) is 0 Å². The second-order valence-electron chi connectivity index (χ2n) is 7.10. The molecular formula is C24H20N4O3. The minimum atomic E-state index is -0.247. The van der Waals surface area contributed by atoms with Crippen LogP contribution in [0.1, 0.15) is 22.8 Å². The molecule has 0 atom stereocenters. The van der Waals surface area contributed by atoms with E-state index < -0.39 is 0 Å². The second-order valence-corrected chi connectivity index (χ2v) is 7.10. The van der Waals surface area contributed by atoms with E-state index in [4.69, 9.17) is 0 Å². The molecule has 3 aromatic carbocycles. The Morgan fingerprint density at radius 3 is 2.19 bits per heavy atom. The lowest BCUT2D eigenvalue weighted by Gasteiger charge is -2.09. The molecule has 0 aliphatic carbocycles. The van der Waals surface area contributed by atoms with Gasteiger partial charge in [0, 0.05) is 23.9 Å². The fraction of sp³-hybridized carbons (Fsp3) is 0.0833. The van der Waals surface area contributed by atoms with Gasteiger partial charge < -0.3 is 10.6 Å². The molecule has 2 amide bonds. The predicted octanol–water partition coefficient (Wildman–Crippen LogP) is 3.66. The number of carbonyl (C=O) groups is 2. The van der Waals surface area contributed by atoms with Gasteiger partial charge in [0.15, 0.2) is 0 Å². The Morgan fingerprint density at radius 2 is 1.52 bits per heavy atom. The van der Waals surface area contributed by atoms with Crippen LogP contribution in [0.3, 0.4) is 0 Å². The van der Waals surface area contributed by atoms with Crippen LogP contribution < -0.4 is 16.2 Å². The van der Waals surface area contributed by atoms with E-state index >= 15 is 0 Å². The molecule has 0 bridgehead atoms. The first-order valence-electron chi connectivity index (χ1n) is 9.72. The van der Waals surface area contributed by atoms with Gasteiger partial charge in [-0.3, -0.25) is 19.0 Å². The molecule has 4 rings (SSSR count). The molecule has 1 heterocycles. The standard InChI is InChI=1S/C24H20N4O3/c1-16(29)26-19-10-12-20(13-11-19)27-23(30)18-8-6-17(7-9-18)14-28-15-25-22-5-3-2-4-21(22)24(28)31/h2-13,15H,14H2,1H3,(H,26,29)(H,27,30). The Balaban J connectivity index is 1.44. The van der Waals surface area contributed by atoms with Gasteiger partial charge in [-0.2, -0.15) is 0 Å². The van der Waals surface area contributed by atoms with Crippen molar-refractivity contribution in [3.63, 3.8) is 0 Å². The van der Waals surface area contributed by atoms with E-state index in [1.165, 1.54) is 13.3 Å². The average Bonchev–Trinajstić information content (AvgIpc) is 2.77. The van der Waals surface area contributed by atoms with Crippen molar-refractivity contribution in [3.8, 4) is 0 Å². The lowest BCUT2D eigenvalue weighted by atomic mass is 10.1. The van der Waals surface area contributed by atoms with Gasteiger partial charge in [-0.05, 0) is 54.1 Å². The van der Waals surface area contributed by atoms with Gasteiger partial charge in [0.25, 0.3) is 11.5 Å². The molecule has 154 valence electrons. The number of benzene rings is 3. The fourth-order valence-electron chi connectivity index (χ4n) is 3.22. The van der Waals surface area contributed by atoms with Crippen LogP contribution in [-0.2, 0) is 11.3 Å². The number of para-hydroxylation sites is 1. The Hall–Kier alpha value is -4.26. The van der Waals surface area contributed by atoms with Crippen LogP contribution in [0, 0.1) is 0 Å². The van der Waals surface area contributed by atoms with Crippen molar-refractivity contribution in [2.45, 2.75) is 13.5 Å². The maximum absolute atomic E-state index is 12.6. The zero-order valence-corrected chi connectivity index (χ0v) is 16.8. The van der Waals surface area contributed by atoms with Crippen molar-refractivity contribution < 1.29 is 9.59 Å². The lowest BCUT2D eigenvalue weighted by Crippen LogP contribution is -2.21. The summed E-state index contributed by atoms with van der Waals surface area (Å²) < 4.78 is 1.55. The zero-order valence-electron chi connectivity index (χ0n) is 16.8. The number of rotatable bonds is 5. The van der Waals surface area contributed by atoms with Crippen LogP contribution in [0.15, 0.2) is 83.9 Å². The fourth-order valence-corrected chi connectivity index (χ4v) is 3.22. The highest BCUT2D eigenvalue weighted by molar-refractivity contribution is 6.04. The first kappa shape index (κ1) is 20.0. The summed E-state index contributed by atoms with van der Waals surface area (Å²) in [5, 5.41) is 6.07. The molecule has 31 heavy (non-hydrogen) atoms. The quantitative estimate of drug-likeness (QED) is 0.523. The van der Waals surface area contributed by atoms with Gasteiger partial charge in [0.05, 0.1) is 23.8 Å². The van der Waals surface area contributed by atoms with Crippen molar-refractivity contribution in [1.82, 2.24) is 9.55 Å². The number of carbonyl (C=O) groups excluding carboxylic acids is 2. The number of aromatic nitrogens is 2. The van der Waals surface area contributed by atoms with E-state index in [9.17, 15) is 14.4 Å². The molecule has 2 N–H and O–H groups in total. The summed E-state index contributed by atoms with van der Waals surface area (Å²) in [4.78, 5) is 40.5. The summed E-state index contributed by atoms with van der Waals surface area (Å²) >= 11 is 0. The molecule has 0 aliphatic heterocycles. The maximum Gasteiger partial charge on any atom is 0.261 e. The second kappa shape index (κ2) is 8.62. The summed E-state index contributed by atoms with van der Waals surface area (Å²) in [6.07, 6.45) is 1.54. The minimum absolute atomic E-state index is 0.102. The monoisotopic (exact) mass is 412 g/mol. The Bertz CT molecular complexity index is 1310. The number of hydrogen-bond donors (Lipinski definition) is 2. The van der Waals surface area contributed by atoms with Gasteiger partial charge in [0.2, 0.25) is 5.91 Å². The Kier molecular flexibility index (Phi) is 5.57. The van der Waals surface area contributed by atoms with Crippen molar-refractivity contribution in [1.29, 1.82) is 0 Å². The van der Waals surface area contributed by atoms with Crippen LogP contribution in [0.2, 0.25) is 0 Å². The molecular weight excluding hydrogens is 392 g/mol. The number of anilines is 2. The predicted molar refractivity (Wildman–Crippen MR) is 120 cm³/mol. The van der Waals surface area contributed by atoms with Crippen molar-refractivity contribution in [2.75, 3.05) is 10.6 Å². The van der Waals surface area contributed by atoms with Crippen LogP contribution >= 0.6 is 0 Å². The highest BCUT2D eigenvalue weighted by atomic mass is 16.2. The van der Waals surface area contributed by atoms with Gasteiger partial charge in [-0.1, -0.05) is 24.3 Å². The van der Waals surface area contributed by atoms with E-state index in [-0.39, 0.29) is 17.4 Å². The molecule has 0 fully saturated rings. The van der Waals surface area contributed by atoms with Crippen LogP contribution in [0.5, 0.6) is 0 Å². The zero-order chi connectivity index (χ0) is 21.8. The SMILES string of the molecule is CC(=O)Nc1ccc(NC(=O)c2ccc(Cn3cnc4ccccc4c3=O)cc2)cc1. The number of nitrogens with zero attached hydrogens (tertiary/aromatic N) is 2. The van der Waals surface area contributed by atoms with E-state index in [1.807, 2.05) is 30.3 Å². The van der Waals surface area contributed by atoms with Gasteiger partial charge >= 0.3 is 0 Å². The van der Waals surface area contributed by atoms with E-state index in [0.717, 1.165) is 5.56 Å². The molecule has 0 saturated heterocycles. The van der Waals surface area contributed by atoms with E-state index in [2.05, 4.69) is 15.6 Å². The van der Waals surface area contributed by atoms with E-state index in [1.54, 1.807) is 47.0 Å².